The normalized spacial score (nSPS) is 21.3. The minimum Gasteiger partial charge on any atom is -0.396 e. The highest BCUT2D eigenvalue weighted by atomic mass is 16.6. The summed E-state index contributed by atoms with van der Waals surface area (Å²) in [5, 5.41) is 19.4. The minimum absolute atomic E-state index is 0.0673. The number of hydrogen-bond donors (Lipinski definition) is 1. The van der Waals surface area contributed by atoms with Gasteiger partial charge in [0.15, 0.2) is 0 Å². The fourth-order valence-corrected chi connectivity index (χ4v) is 2.16. The standard InChI is InChI=1S/C9H17NO3/c11-7-6-9(10(12)13)8-4-2-1-3-5-8/h8-9,11H,1-7H2. The van der Waals surface area contributed by atoms with Crippen molar-refractivity contribution in [1.82, 2.24) is 0 Å². The molecule has 4 nitrogen and oxygen atoms in total. The molecule has 13 heavy (non-hydrogen) atoms. The molecule has 0 aromatic rings. The zero-order valence-electron chi connectivity index (χ0n) is 7.82. The molecule has 0 radical (unpaired) electrons. The molecule has 4 heteroatoms. The number of hydrogen-bond acceptors (Lipinski definition) is 3. The van der Waals surface area contributed by atoms with Crippen LogP contribution in [0.25, 0.3) is 0 Å². The van der Waals surface area contributed by atoms with E-state index in [9.17, 15) is 10.1 Å². The van der Waals surface area contributed by atoms with Gasteiger partial charge in [-0.2, -0.15) is 0 Å². The average Bonchev–Trinajstić information content (AvgIpc) is 2.15. The first kappa shape index (κ1) is 10.4. The Morgan fingerprint density at radius 3 is 2.46 bits per heavy atom. The fourth-order valence-electron chi connectivity index (χ4n) is 2.16. The maximum atomic E-state index is 10.7. The molecule has 0 bridgehead atoms. The molecule has 1 N–H and O–H groups in total. The molecule has 0 amide bonds. The molecule has 0 spiro atoms. The van der Waals surface area contributed by atoms with Crippen molar-refractivity contribution in [2.45, 2.75) is 44.6 Å². The van der Waals surface area contributed by atoms with Crippen LogP contribution in [0.3, 0.4) is 0 Å². The van der Waals surface area contributed by atoms with E-state index in [2.05, 4.69) is 0 Å². The predicted molar refractivity (Wildman–Crippen MR) is 49.1 cm³/mol. The molecule has 1 atom stereocenters. The van der Waals surface area contributed by atoms with Gasteiger partial charge >= 0.3 is 0 Å². The smallest absolute Gasteiger partial charge is 0.218 e. The maximum Gasteiger partial charge on any atom is 0.218 e. The summed E-state index contributed by atoms with van der Waals surface area (Å²) < 4.78 is 0. The van der Waals surface area contributed by atoms with Gasteiger partial charge in [-0.1, -0.05) is 19.3 Å². The highest BCUT2D eigenvalue weighted by Crippen LogP contribution is 2.28. The van der Waals surface area contributed by atoms with Crippen molar-refractivity contribution in [3.05, 3.63) is 10.1 Å². The van der Waals surface area contributed by atoms with E-state index >= 15 is 0 Å². The van der Waals surface area contributed by atoms with Crippen LogP contribution in [0.15, 0.2) is 0 Å². The van der Waals surface area contributed by atoms with E-state index in [4.69, 9.17) is 5.11 Å². The van der Waals surface area contributed by atoms with Crippen molar-refractivity contribution in [1.29, 1.82) is 0 Å². The summed E-state index contributed by atoms with van der Waals surface area (Å²) in [6.07, 6.45) is 5.68. The van der Waals surface area contributed by atoms with E-state index in [1.54, 1.807) is 0 Å². The van der Waals surface area contributed by atoms with E-state index in [-0.39, 0.29) is 17.4 Å². The Morgan fingerprint density at radius 1 is 1.38 bits per heavy atom. The lowest BCUT2D eigenvalue weighted by atomic mass is 9.83. The van der Waals surface area contributed by atoms with Gasteiger partial charge in [0.25, 0.3) is 0 Å². The van der Waals surface area contributed by atoms with E-state index in [1.807, 2.05) is 0 Å². The van der Waals surface area contributed by atoms with Gasteiger partial charge in [-0.25, -0.2) is 0 Å². The average molecular weight is 187 g/mol. The van der Waals surface area contributed by atoms with Crippen molar-refractivity contribution in [2.24, 2.45) is 5.92 Å². The van der Waals surface area contributed by atoms with E-state index in [0.717, 1.165) is 25.7 Å². The fraction of sp³-hybridized carbons (Fsp3) is 1.00. The third kappa shape index (κ3) is 2.95. The Kier molecular flexibility index (Phi) is 4.15. The molecule has 76 valence electrons. The Labute approximate surface area is 78.1 Å². The Balaban J connectivity index is 2.46. The number of rotatable bonds is 4. The van der Waals surface area contributed by atoms with Crippen molar-refractivity contribution in [2.75, 3.05) is 6.61 Å². The number of nitro groups is 1. The summed E-state index contributed by atoms with van der Waals surface area (Å²) in [4.78, 5) is 10.5. The molecule has 1 aliphatic rings. The summed E-state index contributed by atoms with van der Waals surface area (Å²) in [5.41, 5.74) is 0. The zero-order chi connectivity index (χ0) is 9.68. The molecule has 1 aliphatic carbocycles. The number of aliphatic hydroxyl groups excluding tert-OH is 1. The predicted octanol–water partition coefficient (Wildman–Crippen LogP) is 1.59. The van der Waals surface area contributed by atoms with Gasteiger partial charge in [-0.3, -0.25) is 10.1 Å². The Hall–Kier alpha value is -0.640. The Bertz CT molecular complexity index is 166. The van der Waals surface area contributed by atoms with Crippen molar-refractivity contribution < 1.29 is 10.0 Å². The number of aliphatic hydroxyl groups is 1. The largest absolute Gasteiger partial charge is 0.396 e. The molecule has 0 saturated heterocycles. The van der Waals surface area contributed by atoms with Gasteiger partial charge in [0.1, 0.15) is 0 Å². The van der Waals surface area contributed by atoms with Crippen molar-refractivity contribution >= 4 is 0 Å². The molecule has 1 saturated carbocycles. The molecule has 1 fully saturated rings. The summed E-state index contributed by atoms with van der Waals surface area (Å²) in [6.45, 7) is -0.0673. The molecule has 0 aliphatic heterocycles. The van der Waals surface area contributed by atoms with E-state index < -0.39 is 6.04 Å². The Morgan fingerprint density at radius 2 is 2.00 bits per heavy atom. The van der Waals surface area contributed by atoms with Crippen LogP contribution in [0.1, 0.15) is 38.5 Å². The van der Waals surface area contributed by atoms with Crippen LogP contribution >= 0.6 is 0 Å². The molecule has 0 aromatic carbocycles. The lowest BCUT2D eigenvalue weighted by Crippen LogP contribution is -2.31. The number of nitrogens with zero attached hydrogens (tertiary/aromatic N) is 1. The van der Waals surface area contributed by atoms with Crippen LogP contribution in [0.2, 0.25) is 0 Å². The van der Waals surface area contributed by atoms with Gasteiger partial charge in [0.2, 0.25) is 6.04 Å². The molecule has 1 rings (SSSR count). The maximum absolute atomic E-state index is 10.7. The second kappa shape index (κ2) is 5.17. The van der Waals surface area contributed by atoms with Gasteiger partial charge in [-0.05, 0) is 12.8 Å². The zero-order valence-corrected chi connectivity index (χ0v) is 7.82. The molecular weight excluding hydrogens is 170 g/mol. The van der Waals surface area contributed by atoms with E-state index in [1.165, 1.54) is 6.42 Å². The first-order valence-corrected chi connectivity index (χ1v) is 5.00. The second-order valence-corrected chi connectivity index (χ2v) is 3.76. The van der Waals surface area contributed by atoms with Crippen LogP contribution in [0.4, 0.5) is 0 Å². The van der Waals surface area contributed by atoms with Crippen LogP contribution < -0.4 is 0 Å². The molecular formula is C9H17NO3. The molecule has 0 aromatic heterocycles. The lowest BCUT2D eigenvalue weighted by Gasteiger charge is -2.23. The first-order chi connectivity index (χ1) is 6.25. The highest BCUT2D eigenvalue weighted by molar-refractivity contribution is 4.73. The lowest BCUT2D eigenvalue weighted by molar-refractivity contribution is -0.534. The van der Waals surface area contributed by atoms with E-state index in [0.29, 0.717) is 6.42 Å². The summed E-state index contributed by atoms with van der Waals surface area (Å²) in [5.74, 6) is 0.205. The van der Waals surface area contributed by atoms with Crippen molar-refractivity contribution in [3.8, 4) is 0 Å². The van der Waals surface area contributed by atoms with Gasteiger partial charge in [0.05, 0.1) is 0 Å². The third-order valence-corrected chi connectivity index (χ3v) is 2.89. The monoisotopic (exact) mass is 187 g/mol. The minimum atomic E-state index is -0.509. The second-order valence-electron chi connectivity index (χ2n) is 3.76. The van der Waals surface area contributed by atoms with Crippen LogP contribution in [0, 0.1) is 16.0 Å². The summed E-state index contributed by atoms with van der Waals surface area (Å²) in [6, 6.07) is -0.509. The summed E-state index contributed by atoms with van der Waals surface area (Å²) in [7, 11) is 0. The van der Waals surface area contributed by atoms with Crippen LogP contribution in [-0.2, 0) is 0 Å². The van der Waals surface area contributed by atoms with Gasteiger partial charge < -0.3 is 5.11 Å². The highest BCUT2D eigenvalue weighted by Gasteiger charge is 2.31. The first-order valence-electron chi connectivity index (χ1n) is 5.00. The quantitative estimate of drug-likeness (QED) is 0.537. The molecule has 0 heterocycles. The SMILES string of the molecule is O=[N+]([O-])C(CCO)C1CCCCC1. The van der Waals surface area contributed by atoms with Crippen LogP contribution in [-0.4, -0.2) is 22.7 Å². The van der Waals surface area contributed by atoms with Crippen molar-refractivity contribution in [3.63, 3.8) is 0 Å². The van der Waals surface area contributed by atoms with Gasteiger partial charge in [-0.15, -0.1) is 0 Å². The van der Waals surface area contributed by atoms with Crippen LogP contribution in [0.5, 0.6) is 0 Å². The summed E-state index contributed by atoms with van der Waals surface area (Å²) >= 11 is 0. The van der Waals surface area contributed by atoms with Gasteiger partial charge in [0, 0.05) is 23.9 Å². The third-order valence-electron chi connectivity index (χ3n) is 2.89. The topological polar surface area (TPSA) is 63.4 Å². The molecule has 1 unspecified atom stereocenters.